The Hall–Kier alpha value is -8.57. The molecule has 2 N–H and O–H groups in total. The highest BCUT2D eigenvalue weighted by Gasteiger charge is 2.33. The third-order valence-electron chi connectivity index (χ3n) is 14.2. The molecule has 6 aromatic heterocycles. The molecule has 0 saturated carbocycles. The normalized spacial score (nSPS) is 16.3. The van der Waals surface area contributed by atoms with Crippen molar-refractivity contribution in [2.75, 3.05) is 36.0 Å². The molecule has 0 aliphatic carbocycles. The maximum Gasteiger partial charge on any atom is 0.512 e. The molecule has 4 atom stereocenters. The first-order valence-corrected chi connectivity index (χ1v) is 26.6. The Morgan fingerprint density at radius 2 is 1.05 bits per heavy atom. The quantitative estimate of drug-likeness (QED) is 0.0792. The number of piperidine rings is 2. The Bertz CT molecular complexity index is 3140. The number of rotatable bonds is 18. The van der Waals surface area contributed by atoms with Crippen LogP contribution >= 0.6 is 0 Å². The van der Waals surface area contributed by atoms with E-state index in [1.54, 1.807) is 48.2 Å². The maximum atomic E-state index is 14.3. The number of amides is 2. The van der Waals surface area contributed by atoms with E-state index < -0.39 is 18.6 Å². The number of aromatic nitrogens is 14. The molecule has 0 bridgehead atoms. The van der Waals surface area contributed by atoms with E-state index in [-0.39, 0.29) is 35.5 Å². The second kappa shape index (κ2) is 23.8. The second-order valence-electron chi connectivity index (χ2n) is 19.7. The molecule has 2 saturated heterocycles. The lowest BCUT2D eigenvalue weighted by Gasteiger charge is -2.34. The average Bonchev–Trinajstić information content (AvgIpc) is 4.37. The van der Waals surface area contributed by atoms with Gasteiger partial charge in [0.2, 0.25) is 24.1 Å². The van der Waals surface area contributed by atoms with Gasteiger partial charge in [-0.25, -0.2) is 14.8 Å². The third-order valence-corrected chi connectivity index (χ3v) is 14.2. The lowest BCUT2D eigenvalue weighted by molar-refractivity contribution is -0.0615. The Labute approximate surface area is 451 Å². The minimum atomic E-state index is -0.982. The fraction of sp³-hybridized carbons (Fsp3) is 0.400. The summed E-state index contributed by atoms with van der Waals surface area (Å²) < 4.78 is 15.1. The zero-order valence-electron chi connectivity index (χ0n) is 44.7. The lowest BCUT2D eigenvalue weighted by atomic mass is 10.0. The van der Waals surface area contributed by atoms with E-state index in [1.165, 1.54) is 9.59 Å². The highest BCUT2D eigenvalue weighted by atomic mass is 16.7. The number of hydrogen-bond donors (Lipinski definition) is 2. The molecular weight excluding hydrogens is 993 g/mol. The van der Waals surface area contributed by atoms with Gasteiger partial charge in [0.15, 0.2) is 0 Å². The Kier molecular flexibility index (Phi) is 16.1. The summed E-state index contributed by atoms with van der Waals surface area (Å²) in [5.74, 6) is 1.56. The fourth-order valence-corrected chi connectivity index (χ4v) is 10.2. The highest BCUT2D eigenvalue weighted by molar-refractivity contribution is 6.07. The van der Waals surface area contributed by atoms with Gasteiger partial charge in [-0.1, -0.05) is 63.1 Å². The SMILES string of the molecule is CCC[C@H](OC(=O)O[C@@H](CCC)n1nnc(-c2c(-c3ccc(C(=O)N(c4ncccc4C)[C@@H]4CCCNC4)cc3)cnn2C)n1)n1nnc(-c2c(-c3ccc(C(=O)N(c4ncccc4C)[C@@H]4CCCNC4)cc3)cnn2C)n1. The minimum Gasteiger partial charge on any atom is -0.406 e. The van der Waals surface area contributed by atoms with E-state index in [4.69, 9.17) is 19.7 Å². The van der Waals surface area contributed by atoms with E-state index in [9.17, 15) is 14.4 Å². The van der Waals surface area contributed by atoms with E-state index in [0.29, 0.717) is 84.1 Å². The molecule has 2 amide bonds. The van der Waals surface area contributed by atoms with Crippen LogP contribution in [0.4, 0.5) is 16.4 Å². The van der Waals surface area contributed by atoms with Gasteiger partial charge in [-0.05, 0) is 122 Å². The number of benzene rings is 2. The molecule has 23 heteroatoms. The van der Waals surface area contributed by atoms with Gasteiger partial charge in [-0.15, -0.1) is 30.0 Å². The summed E-state index contributed by atoms with van der Waals surface area (Å²) in [5, 5.41) is 42.7. The van der Waals surface area contributed by atoms with Crippen LogP contribution in [0, 0.1) is 13.8 Å². The first-order valence-electron chi connectivity index (χ1n) is 26.6. The predicted molar refractivity (Wildman–Crippen MR) is 290 cm³/mol. The van der Waals surface area contributed by atoms with Gasteiger partial charge in [0.1, 0.15) is 23.0 Å². The number of anilines is 2. The molecule has 404 valence electrons. The maximum absolute atomic E-state index is 14.3. The van der Waals surface area contributed by atoms with Crippen molar-refractivity contribution in [1.29, 1.82) is 0 Å². The largest absolute Gasteiger partial charge is 0.512 e. The van der Waals surface area contributed by atoms with E-state index >= 15 is 0 Å². The van der Waals surface area contributed by atoms with Crippen molar-refractivity contribution in [3.05, 3.63) is 120 Å². The van der Waals surface area contributed by atoms with Crippen molar-refractivity contribution in [2.45, 2.75) is 104 Å². The minimum absolute atomic E-state index is 0.0346. The fourth-order valence-electron chi connectivity index (χ4n) is 10.2. The van der Waals surface area contributed by atoms with Crippen molar-refractivity contribution >= 4 is 29.6 Å². The highest BCUT2D eigenvalue weighted by Crippen LogP contribution is 2.34. The van der Waals surface area contributed by atoms with Gasteiger partial charge in [-0.3, -0.25) is 28.8 Å². The molecule has 2 aliphatic rings. The summed E-state index contributed by atoms with van der Waals surface area (Å²) in [6.45, 7) is 11.0. The molecule has 0 spiro atoms. The summed E-state index contributed by atoms with van der Waals surface area (Å²) in [5.41, 5.74) is 7.06. The average molecular weight is 1060 g/mol. The van der Waals surface area contributed by atoms with Gasteiger partial charge < -0.3 is 20.1 Å². The standard InChI is InChI=1S/C55H64N18O5/c1-7-13-45(72-64-49(62-66-72)47-43(33-60-68(47)5)37-19-23-39(24-20-37)53(74)70(41-17-11-27-56-31-41)51-35(3)15-9-29-58-51)77-55(76)78-46(14-8-2)73-65-50(63-67-73)48-44(34-61-69(48)6)38-21-25-40(26-22-38)54(75)71(42-18-12-28-57-32-42)52-36(4)16-10-30-59-52/h9-10,15-16,19-26,29-30,33-34,41-42,45-46,56-57H,7-8,11-14,17-18,27-28,31-32H2,1-6H3/t41-,42-,45+,46+/m1/s1. The summed E-state index contributed by atoms with van der Waals surface area (Å²) in [7, 11) is 3.56. The van der Waals surface area contributed by atoms with Gasteiger partial charge >= 0.3 is 6.16 Å². The molecule has 0 unspecified atom stereocenters. The van der Waals surface area contributed by atoms with Crippen LogP contribution in [-0.4, -0.2) is 126 Å². The summed E-state index contributed by atoms with van der Waals surface area (Å²) in [6.07, 6.45) is 9.56. The van der Waals surface area contributed by atoms with E-state index in [1.807, 2.05) is 110 Å². The van der Waals surface area contributed by atoms with Crippen molar-refractivity contribution < 1.29 is 23.9 Å². The van der Waals surface area contributed by atoms with Crippen LogP contribution in [0.3, 0.4) is 0 Å². The zero-order chi connectivity index (χ0) is 54.3. The number of carbonyl (C=O) groups excluding carboxylic acids is 3. The molecule has 78 heavy (non-hydrogen) atoms. The van der Waals surface area contributed by atoms with Crippen LogP contribution < -0.4 is 20.4 Å². The Balaban J connectivity index is 0.823. The number of aryl methyl sites for hydroxylation is 4. The summed E-state index contributed by atoms with van der Waals surface area (Å²) >= 11 is 0. The topological polar surface area (TPSA) is 249 Å². The smallest absolute Gasteiger partial charge is 0.406 e. The van der Waals surface area contributed by atoms with Gasteiger partial charge in [0, 0.05) is 74.7 Å². The molecule has 2 aliphatic heterocycles. The molecule has 0 radical (unpaired) electrons. The molecule has 2 aromatic carbocycles. The first kappa shape index (κ1) is 52.9. The van der Waals surface area contributed by atoms with Crippen molar-refractivity contribution in [3.8, 4) is 45.3 Å². The number of nitrogens with zero attached hydrogens (tertiary/aromatic N) is 16. The molecular formula is C55H64N18O5. The number of ether oxygens (including phenoxy) is 2. The van der Waals surface area contributed by atoms with Gasteiger partial charge in [0.25, 0.3) is 11.8 Å². The van der Waals surface area contributed by atoms with Crippen LogP contribution in [0.5, 0.6) is 0 Å². The van der Waals surface area contributed by atoms with Gasteiger partial charge in [-0.2, -0.15) is 10.2 Å². The number of carbonyl (C=O) groups is 3. The summed E-state index contributed by atoms with van der Waals surface area (Å²) in [4.78, 5) is 57.6. The number of tetrazole rings is 2. The molecule has 2 fully saturated rings. The number of hydrogen-bond acceptors (Lipinski definition) is 17. The van der Waals surface area contributed by atoms with Crippen LogP contribution in [0.25, 0.3) is 45.3 Å². The predicted octanol–water partition coefficient (Wildman–Crippen LogP) is 7.45. The first-order chi connectivity index (χ1) is 38.0. The van der Waals surface area contributed by atoms with Crippen LogP contribution in [-0.2, 0) is 23.6 Å². The lowest BCUT2D eigenvalue weighted by Crippen LogP contribution is -2.49. The summed E-state index contributed by atoms with van der Waals surface area (Å²) in [6, 6.07) is 22.4. The van der Waals surface area contributed by atoms with Crippen molar-refractivity contribution in [2.24, 2.45) is 14.1 Å². The molecule has 23 nitrogen and oxygen atoms in total. The van der Waals surface area contributed by atoms with Crippen LogP contribution in [0.2, 0.25) is 0 Å². The van der Waals surface area contributed by atoms with Crippen molar-refractivity contribution in [3.63, 3.8) is 0 Å². The number of pyridine rings is 2. The Morgan fingerprint density at radius 3 is 1.42 bits per heavy atom. The third kappa shape index (κ3) is 11.1. The van der Waals surface area contributed by atoms with Gasteiger partial charge in [0.05, 0.1) is 24.5 Å². The molecule has 10 rings (SSSR count). The van der Waals surface area contributed by atoms with Crippen LogP contribution in [0.15, 0.2) is 97.6 Å². The van der Waals surface area contributed by atoms with Crippen LogP contribution in [0.1, 0.15) is 110 Å². The van der Waals surface area contributed by atoms with E-state index in [2.05, 4.69) is 51.4 Å². The zero-order valence-corrected chi connectivity index (χ0v) is 44.7. The molecule has 8 aromatic rings. The van der Waals surface area contributed by atoms with E-state index in [0.717, 1.165) is 61.0 Å². The van der Waals surface area contributed by atoms with Crippen molar-refractivity contribution in [1.82, 2.24) is 80.6 Å². The monoisotopic (exact) mass is 1060 g/mol. The second-order valence-corrected chi connectivity index (χ2v) is 19.7. The molecule has 8 heterocycles. The number of nitrogens with one attached hydrogen (secondary N) is 2. The Morgan fingerprint density at radius 1 is 0.628 bits per heavy atom.